The van der Waals surface area contributed by atoms with Gasteiger partial charge in [0.2, 0.25) is 0 Å². The van der Waals surface area contributed by atoms with Gasteiger partial charge in [0.05, 0.1) is 0 Å². The molecule has 0 aliphatic carbocycles. The Balaban J connectivity index is 1.73. The third kappa shape index (κ3) is 5.20. The van der Waals surface area contributed by atoms with Crippen LogP contribution in [0, 0.1) is 0 Å². The molecule has 1 atom stereocenters. The molecule has 0 spiro atoms. The van der Waals surface area contributed by atoms with Crippen LogP contribution in [0.15, 0.2) is 28.7 Å². The van der Waals surface area contributed by atoms with Crippen LogP contribution >= 0.6 is 15.9 Å². The molecule has 1 aromatic carbocycles. The average molecular weight is 353 g/mol. The predicted molar refractivity (Wildman–Crippen MR) is 90.9 cm³/mol. The highest BCUT2D eigenvalue weighted by atomic mass is 79.9. The van der Waals surface area contributed by atoms with E-state index in [9.17, 15) is 4.79 Å². The van der Waals surface area contributed by atoms with E-state index in [1.165, 1.54) is 19.4 Å². The van der Waals surface area contributed by atoms with Gasteiger partial charge in [0, 0.05) is 29.0 Å². The van der Waals surface area contributed by atoms with E-state index in [2.05, 4.69) is 39.8 Å². The van der Waals surface area contributed by atoms with Crippen molar-refractivity contribution in [2.45, 2.75) is 31.7 Å². The molecule has 0 bridgehead atoms. The van der Waals surface area contributed by atoms with E-state index in [0.29, 0.717) is 12.5 Å². The molecule has 1 fully saturated rings. The maximum atomic E-state index is 12.1. The minimum absolute atomic E-state index is 0.247. The van der Waals surface area contributed by atoms with Gasteiger partial charge in [-0.25, -0.2) is 0 Å². The van der Waals surface area contributed by atoms with Crippen LogP contribution in [0.4, 0.5) is 0 Å². The number of carbonyl (C=O) groups is 1. The lowest BCUT2D eigenvalue weighted by Gasteiger charge is -2.35. The fourth-order valence-corrected chi connectivity index (χ4v) is 3.21. The van der Waals surface area contributed by atoms with E-state index < -0.39 is 0 Å². The molecule has 1 heterocycles. The average Bonchev–Trinajstić information content (AvgIpc) is 2.47. The topological polar surface area (TPSA) is 23.6 Å². The van der Waals surface area contributed by atoms with Crippen LogP contribution in [0.2, 0.25) is 0 Å². The number of rotatable bonds is 6. The number of carbonyl (C=O) groups excluding carboxylic acids is 1. The molecule has 1 aromatic rings. The Kier molecular flexibility index (Phi) is 6.40. The summed E-state index contributed by atoms with van der Waals surface area (Å²) in [6.45, 7) is 3.37. The summed E-state index contributed by atoms with van der Waals surface area (Å²) in [5, 5.41) is 0. The zero-order valence-corrected chi connectivity index (χ0v) is 14.6. The number of benzene rings is 1. The molecule has 21 heavy (non-hydrogen) atoms. The number of Topliss-reactive ketones (excluding diaryl/α,β-unsaturated/α-hetero) is 1. The second-order valence-corrected chi connectivity index (χ2v) is 6.99. The van der Waals surface area contributed by atoms with Gasteiger partial charge < -0.3 is 9.80 Å². The lowest BCUT2D eigenvalue weighted by molar-refractivity contribution is 0.0963. The third-order valence-electron chi connectivity index (χ3n) is 4.30. The number of hydrogen-bond donors (Lipinski definition) is 0. The molecule has 0 N–H and O–H groups in total. The fourth-order valence-electron chi connectivity index (χ4n) is 2.95. The predicted octanol–water partition coefficient (Wildman–Crippen LogP) is 3.44. The molecule has 0 amide bonds. The molecule has 1 unspecified atom stereocenters. The molecule has 116 valence electrons. The number of piperidine rings is 1. The van der Waals surface area contributed by atoms with Crippen LogP contribution in [0.3, 0.4) is 0 Å². The first-order valence-corrected chi connectivity index (χ1v) is 8.53. The number of nitrogens with zero attached hydrogens (tertiary/aromatic N) is 2. The second-order valence-electron chi connectivity index (χ2n) is 6.07. The Hall–Kier alpha value is -0.710. The summed E-state index contributed by atoms with van der Waals surface area (Å²) in [6, 6.07) is 8.29. The van der Waals surface area contributed by atoms with E-state index in [1.807, 2.05) is 24.3 Å². The largest absolute Gasteiger partial charge is 0.305 e. The van der Waals surface area contributed by atoms with E-state index in [4.69, 9.17) is 0 Å². The Morgan fingerprint density at radius 2 is 2.10 bits per heavy atom. The first-order valence-electron chi connectivity index (χ1n) is 7.74. The number of ketones is 1. The fraction of sp³-hybridized carbons (Fsp3) is 0.588. The highest BCUT2D eigenvalue weighted by Crippen LogP contribution is 2.15. The molecular formula is C17H25BrN2O. The van der Waals surface area contributed by atoms with Crippen molar-refractivity contribution in [2.75, 3.05) is 33.7 Å². The summed E-state index contributed by atoms with van der Waals surface area (Å²) in [5.41, 5.74) is 0.818. The monoisotopic (exact) mass is 352 g/mol. The SMILES string of the molecule is CN1CCCC(N(C)CCCC(=O)c2ccc(Br)cc2)C1. The highest BCUT2D eigenvalue weighted by molar-refractivity contribution is 9.10. The molecule has 1 saturated heterocycles. The van der Waals surface area contributed by atoms with Gasteiger partial charge in [0.1, 0.15) is 0 Å². The molecule has 4 heteroatoms. The van der Waals surface area contributed by atoms with Crippen molar-refractivity contribution in [2.24, 2.45) is 0 Å². The third-order valence-corrected chi connectivity index (χ3v) is 4.83. The first kappa shape index (κ1) is 16.7. The maximum absolute atomic E-state index is 12.1. The van der Waals surface area contributed by atoms with Gasteiger partial charge >= 0.3 is 0 Å². The van der Waals surface area contributed by atoms with Crippen molar-refractivity contribution in [1.82, 2.24) is 9.80 Å². The van der Waals surface area contributed by atoms with Crippen molar-refractivity contribution in [3.05, 3.63) is 34.3 Å². The second kappa shape index (κ2) is 8.06. The Labute approximate surface area is 136 Å². The number of likely N-dealkylation sites (N-methyl/N-ethyl adjacent to an activating group) is 2. The van der Waals surface area contributed by atoms with Gasteiger partial charge in [0.15, 0.2) is 5.78 Å². The van der Waals surface area contributed by atoms with Crippen molar-refractivity contribution in [3.8, 4) is 0 Å². The first-order chi connectivity index (χ1) is 10.1. The summed E-state index contributed by atoms with van der Waals surface area (Å²) >= 11 is 3.39. The van der Waals surface area contributed by atoms with Gasteiger partial charge in [-0.2, -0.15) is 0 Å². The molecular weight excluding hydrogens is 328 g/mol. The van der Waals surface area contributed by atoms with Gasteiger partial charge in [-0.3, -0.25) is 4.79 Å². The summed E-state index contributed by atoms with van der Waals surface area (Å²) < 4.78 is 1.01. The minimum Gasteiger partial charge on any atom is -0.305 e. The summed E-state index contributed by atoms with van der Waals surface area (Å²) in [4.78, 5) is 16.9. The number of halogens is 1. The smallest absolute Gasteiger partial charge is 0.162 e. The maximum Gasteiger partial charge on any atom is 0.162 e. The van der Waals surface area contributed by atoms with Gasteiger partial charge in [-0.15, -0.1) is 0 Å². The standard InChI is InChI=1S/C17H25BrN2O/c1-19-11-3-5-16(13-19)20(2)12-4-6-17(21)14-7-9-15(18)10-8-14/h7-10,16H,3-6,11-13H2,1-2H3. The highest BCUT2D eigenvalue weighted by Gasteiger charge is 2.20. The van der Waals surface area contributed by atoms with Crippen LogP contribution in [0.25, 0.3) is 0 Å². The summed E-state index contributed by atoms with van der Waals surface area (Å²) in [6.07, 6.45) is 4.13. The van der Waals surface area contributed by atoms with Crippen LogP contribution in [0.5, 0.6) is 0 Å². The Morgan fingerprint density at radius 3 is 2.76 bits per heavy atom. The molecule has 1 aliphatic rings. The van der Waals surface area contributed by atoms with E-state index in [0.717, 1.165) is 29.5 Å². The van der Waals surface area contributed by atoms with Crippen molar-refractivity contribution >= 4 is 21.7 Å². The zero-order valence-electron chi connectivity index (χ0n) is 13.0. The van der Waals surface area contributed by atoms with E-state index in [1.54, 1.807) is 0 Å². The van der Waals surface area contributed by atoms with Crippen molar-refractivity contribution in [3.63, 3.8) is 0 Å². The quantitative estimate of drug-likeness (QED) is 0.732. The molecule has 2 rings (SSSR count). The van der Waals surface area contributed by atoms with Crippen molar-refractivity contribution < 1.29 is 4.79 Å². The normalized spacial score (nSPS) is 19.9. The van der Waals surface area contributed by atoms with Crippen molar-refractivity contribution in [1.29, 1.82) is 0 Å². The number of likely N-dealkylation sites (tertiary alicyclic amines) is 1. The Bertz CT molecular complexity index is 460. The molecule has 0 radical (unpaired) electrons. The van der Waals surface area contributed by atoms with E-state index in [-0.39, 0.29) is 5.78 Å². The van der Waals surface area contributed by atoms with E-state index >= 15 is 0 Å². The zero-order chi connectivity index (χ0) is 15.2. The summed E-state index contributed by atoms with van der Waals surface area (Å²) in [7, 11) is 4.38. The summed E-state index contributed by atoms with van der Waals surface area (Å²) in [5.74, 6) is 0.247. The molecule has 0 aromatic heterocycles. The molecule has 3 nitrogen and oxygen atoms in total. The van der Waals surface area contributed by atoms with Crippen LogP contribution in [-0.2, 0) is 0 Å². The molecule has 0 saturated carbocycles. The van der Waals surface area contributed by atoms with Gasteiger partial charge in [0.25, 0.3) is 0 Å². The van der Waals surface area contributed by atoms with Gasteiger partial charge in [-0.1, -0.05) is 28.1 Å². The van der Waals surface area contributed by atoms with Crippen LogP contribution in [-0.4, -0.2) is 55.4 Å². The van der Waals surface area contributed by atoms with Crippen LogP contribution in [0.1, 0.15) is 36.0 Å². The minimum atomic E-state index is 0.247. The lowest BCUT2D eigenvalue weighted by Crippen LogP contribution is -2.45. The number of hydrogen-bond acceptors (Lipinski definition) is 3. The molecule has 1 aliphatic heterocycles. The van der Waals surface area contributed by atoms with Gasteiger partial charge in [-0.05, 0) is 58.6 Å². The Morgan fingerprint density at radius 1 is 1.38 bits per heavy atom. The lowest BCUT2D eigenvalue weighted by atomic mass is 10.0. The van der Waals surface area contributed by atoms with Crippen LogP contribution < -0.4 is 0 Å².